The van der Waals surface area contributed by atoms with Gasteiger partial charge in [-0.3, -0.25) is 9.69 Å². The van der Waals surface area contributed by atoms with Crippen molar-refractivity contribution in [1.82, 2.24) is 20.4 Å². The Balaban J connectivity index is 0.00000341. The highest BCUT2D eigenvalue weighted by Gasteiger charge is 2.11. The Kier molecular flexibility index (Phi) is 10.9. The van der Waals surface area contributed by atoms with Gasteiger partial charge in [0.25, 0.3) is 0 Å². The van der Waals surface area contributed by atoms with Gasteiger partial charge in [0, 0.05) is 33.6 Å². The topological polar surface area (TPSA) is 73.1 Å². The van der Waals surface area contributed by atoms with E-state index in [2.05, 4.69) is 44.8 Å². The number of rotatable bonds is 9. The number of carbonyl (C=O) groups is 1. The summed E-state index contributed by atoms with van der Waals surface area (Å²) in [7, 11) is 3.49. The number of nitrogens with one attached hydrogen (secondary N) is 2. The monoisotopic (exact) mass is 539 g/mol. The van der Waals surface area contributed by atoms with E-state index in [1.807, 2.05) is 12.1 Å². The molecular weight excluding hydrogens is 505 g/mol. The van der Waals surface area contributed by atoms with Gasteiger partial charge in [-0.1, -0.05) is 24.3 Å². The third kappa shape index (κ3) is 8.90. The summed E-state index contributed by atoms with van der Waals surface area (Å²) in [6.07, 6.45) is 5.05. The lowest BCUT2D eigenvalue weighted by atomic mass is 10.1. The number of hydrogen-bond acceptors (Lipinski definition) is 4. The summed E-state index contributed by atoms with van der Waals surface area (Å²) in [4.78, 5) is 20.6. The van der Waals surface area contributed by atoms with Crippen molar-refractivity contribution in [3.8, 4) is 0 Å². The van der Waals surface area contributed by atoms with Crippen molar-refractivity contribution in [2.45, 2.75) is 32.4 Å². The summed E-state index contributed by atoms with van der Waals surface area (Å²) in [5.41, 5.74) is 2.49. The lowest BCUT2D eigenvalue weighted by Crippen LogP contribution is -2.43. The molecule has 0 saturated carbocycles. The average Bonchev–Trinajstić information content (AvgIpc) is 3.44. The van der Waals surface area contributed by atoms with Gasteiger partial charge in [-0.15, -0.1) is 24.0 Å². The fraction of sp³-hybridized carbons (Fsp3) is 0.478. The van der Waals surface area contributed by atoms with Crippen molar-refractivity contribution in [2.75, 3.05) is 40.3 Å². The van der Waals surface area contributed by atoms with E-state index >= 15 is 0 Å². The van der Waals surface area contributed by atoms with Gasteiger partial charge in [0.15, 0.2) is 5.96 Å². The van der Waals surface area contributed by atoms with Gasteiger partial charge in [0.2, 0.25) is 5.91 Å². The van der Waals surface area contributed by atoms with E-state index in [4.69, 9.17) is 4.42 Å². The smallest absolute Gasteiger partial charge is 0.241 e. The minimum atomic E-state index is 0. The molecule has 1 aliphatic heterocycles. The fourth-order valence-electron chi connectivity index (χ4n) is 3.37. The van der Waals surface area contributed by atoms with Crippen molar-refractivity contribution in [3.63, 3.8) is 0 Å². The molecule has 1 amide bonds. The Morgan fingerprint density at radius 3 is 2.45 bits per heavy atom. The summed E-state index contributed by atoms with van der Waals surface area (Å²) in [6.45, 7) is 4.86. The second-order valence-electron chi connectivity index (χ2n) is 7.86. The van der Waals surface area contributed by atoms with Crippen molar-refractivity contribution >= 4 is 35.8 Å². The van der Waals surface area contributed by atoms with E-state index in [0.717, 1.165) is 24.3 Å². The molecular formula is C23H34IN5O2. The lowest BCUT2D eigenvalue weighted by molar-refractivity contribution is -0.127. The SMILES string of the molecule is CN(C)C(=O)CNC(=NCc1ccc(CN2CCCC2)cc1)NCCc1ccco1.I. The van der Waals surface area contributed by atoms with Crippen LogP contribution in [0, 0.1) is 0 Å². The maximum atomic E-state index is 11.9. The van der Waals surface area contributed by atoms with Gasteiger partial charge in [0.05, 0.1) is 19.4 Å². The first-order valence-corrected chi connectivity index (χ1v) is 10.6. The zero-order valence-corrected chi connectivity index (χ0v) is 20.8. The molecule has 0 radical (unpaired) electrons. The number of likely N-dealkylation sites (N-methyl/N-ethyl adjacent to an activating group) is 1. The maximum Gasteiger partial charge on any atom is 0.241 e. The Hall–Kier alpha value is -2.07. The molecule has 1 saturated heterocycles. The molecule has 170 valence electrons. The summed E-state index contributed by atoms with van der Waals surface area (Å²) >= 11 is 0. The molecule has 7 nitrogen and oxygen atoms in total. The summed E-state index contributed by atoms with van der Waals surface area (Å²) in [5.74, 6) is 1.54. The highest BCUT2D eigenvalue weighted by atomic mass is 127. The predicted octanol–water partition coefficient (Wildman–Crippen LogP) is 2.86. The van der Waals surface area contributed by atoms with Crippen molar-refractivity contribution in [3.05, 3.63) is 59.5 Å². The Morgan fingerprint density at radius 1 is 1.10 bits per heavy atom. The maximum absolute atomic E-state index is 11.9. The van der Waals surface area contributed by atoms with Crippen LogP contribution >= 0.6 is 24.0 Å². The van der Waals surface area contributed by atoms with Crippen LogP contribution in [0.15, 0.2) is 52.1 Å². The molecule has 0 spiro atoms. The van der Waals surface area contributed by atoms with Gasteiger partial charge in [-0.25, -0.2) is 4.99 Å². The number of halogens is 1. The first kappa shape index (κ1) is 25.2. The molecule has 0 unspecified atom stereocenters. The largest absolute Gasteiger partial charge is 0.469 e. The molecule has 8 heteroatoms. The molecule has 2 N–H and O–H groups in total. The summed E-state index contributed by atoms with van der Waals surface area (Å²) in [6, 6.07) is 12.5. The molecule has 0 aliphatic carbocycles. The zero-order valence-electron chi connectivity index (χ0n) is 18.5. The highest BCUT2D eigenvalue weighted by molar-refractivity contribution is 14.0. The van der Waals surface area contributed by atoms with Crippen LogP contribution in [0.2, 0.25) is 0 Å². The van der Waals surface area contributed by atoms with Gasteiger partial charge < -0.3 is 20.0 Å². The van der Waals surface area contributed by atoms with Crippen molar-refractivity contribution in [1.29, 1.82) is 0 Å². The third-order valence-corrected chi connectivity index (χ3v) is 5.20. The van der Waals surface area contributed by atoms with Crippen LogP contribution in [0.5, 0.6) is 0 Å². The van der Waals surface area contributed by atoms with Crippen LogP contribution in [0.25, 0.3) is 0 Å². The van der Waals surface area contributed by atoms with E-state index < -0.39 is 0 Å². The van der Waals surface area contributed by atoms with E-state index in [0.29, 0.717) is 19.0 Å². The van der Waals surface area contributed by atoms with Crippen molar-refractivity contribution < 1.29 is 9.21 Å². The molecule has 1 fully saturated rings. The van der Waals surface area contributed by atoms with Gasteiger partial charge in [0.1, 0.15) is 5.76 Å². The number of carbonyl (C=O) groups excluding carboxylic acids is 1. The Bertz CT molecular complexity index is 800. The standard InChI is InChI=1S/C23H33N5O2.HI/c1-27(2)22(29)17-26-23(24-12-11-21-6-5-15-30-21)25-16-19-7-9-20(10-8-19)18-28-13-3-4-14-28;/h5-10,15H,3-4,11-14,16-18H2,1-2H3,(H2,24,25,26);1H. The molecule has 3 rings (SSSR count). The van der Waals surface area contributed by atoms with E-state index in [1.54, 1.807) is 25.3 Å². The fourth-order valence-corrected chi connectivity index (χ4v) is 3.37. The zero-order chi connectivity index (χ0) is 21.2. The van der Waals surface area contributed by atoms with Crippen LogP contribution in [0.4, 0.5) is 0 Å². The second kappa shape index (κ2) is 13.4. The molecule has 1 aliphatic rings. The molecule has 0 bridgehead atoms. The number of amides is 1. The predicted molar refractivity (Wildman–Crippen MR) is 135 cm³/mol. The van der Waals surface area contributed by atoms with Gasteiger partial charge >= 0.3 is 0 Å². The average molecular weight is 539 g/mol. The number of aliphatic imine (C=N–C) groups is 1. The Labute approximate surface area is 202 Å². The number of benzene rings is 1. The highest BCUT2D eigenvalue weighted by Crippen LogP contribution is 2.13. The van der Waals surface area contributed by atoms with Crippen LogP contribution in [-0.2, 0) is 24.3 Å². The van der Waals surface area contributed by atoms with Gasteiger partial charge in [-0.2, -0.15) is 0 Å². The van der Waals surface area contributed by atoms with Gasteiger partial charge in [-0.05, 0) is 49.2 Å². The molecule has 0 atom stereocenters. The second-order valence-corrected chi connectivity index (χ2v) is 7.86. The van der Waals surface area contributed by atoms with Crippen LogP contribution in [-0.4, -0.2) is 61.9 Å². The summed E-state index contributed by atoms with van der Waals surface area (Å²) < 4.78 is 5.37. The minimum Gasteiger partial charge on any atom is -0.469 e. The first-order valence-electron chi connectivity index (χ1n) is 10.6. The molecule has 2 heterocycles. The number of likely N-dealkylation sites (tertiary alicyclic amines) is 1. The minimum absolute atomic E-state index is 0. The first-order chi connectivity index (χ1) is 14.6. The molecule has 31 heavy (non-hydrogen) atoms. The number of guanidine groups is 1. The van der Waals surface area contributed by atoms with E-state index in [9.17, 15) is 4.79 Å². The van der Waals surface area contributed by atoms with Crippen LogP contribution < -0.4 is 10.6 Å². The van der Waals surface area contributed by atoms with E-state index in [-0.39, 0.29) is 36.4 Å². The number of hydrogen-bond donors (Lipinski definition) is 2. The number of furan rings is 1. The summed E-state index contributed by atoms with van der Waals surface area (Å²) in [5, 5.41) is 6.40. The molecule has 1 aromatic heterocycles. The van der Waals surface area contributed by atoms with Crippen LogP contribution in [0.3, 0.4) is 0 Å². The molecule has 1 aromatic carbocycles. The molecule has 2 aromatic rings. The lowest BCUT2D eigenvalue weighted by Gasteiger charge is -2.15. The third-order valence-electron chi connectivity index (χ3n) is 5.20. The number of nitrogens with zero attached hydrogens (tertiary/aromatic N) is 3. The normalized spacial score (nSPS) is 14.2. The quantitative estimate of drug-likeness (QED) is 0.292. The van der Waals surface area contributed by atoms with E-state index in [1.165, 1.54) is 31.5 Å². The Morgan fingerprint density at radius 2 is 1.81 bits per heavy atom. The van der Waals surface area contributed by atoms with Crippen LogP contribution in [0.1, 0.15) is 29.7 Å². The van der Waals surface area contributed by atoms with Crippen molar-refractivity contribution in [2.24, 2.45) is 4.99 Å².